The topological polar surface area (TPSA) is 78.9 Å². The lowest BCUT2D eigenvalue weighted by molar-refractivity contribution is 0.448. The van der Waals surface area contributed by atoms with E-state index in [0.717, 1.165) is 6.20 Å². The van der Waals surface area contributed by atoms with Crippen molar-refractivity contribution in [1.29, 1.82) is 0 Å². The molecule has 2 heterocycles. The van der Waals surface area contributed by atoms with Gasteiger partial charge in [0.05, 0.1) is 6.20 Å². The maximum Gasteiger partial charge on any atom is 0.269 e. The minimum atomic E-state index is -0.534. The minimum absolute atomic E-state index is 0.0571. The second-order valence-electron chi connectivity index (χ2n) is 2.91. The fraction of sp³-hybridized carbons (Fsp3) is 0. The summed E-state index contributed by atoms with van der Waals surface area (Å²) in [6.45, 7) is 0. The first-order chi connectivity index (χ1) is 7.58. The SMILES string of the molecule is O=c1[nH]c(-c2ccc(F)cn2)nc(O)c1Br. The monoisotopic (exact) mass is 285 g/mol. The van der Waals surface area contributed by atoms with Crippen LogP contribution in [-0.2, 0) is 0 Å². The third-order valence-electron chi connectivity index (χ3n) is 1.82. The molecule has 0 aliphatic carbocycles. The fourth-order valence-electron chi connectivity index (χ4n) is 1.08. The summed E-state index contributed by atoms with van der Waals surface area (Å²) in [5.74, 6) is -0.858. The van der Waals surface area contributed by atoms with Gasteiger partial charge in [-0.25, -0.2) is 9.37 Å². The van der Waals surface area contributed by atoms with E-state index in [1.807, 2.05) is 0 Å². The summed E-state index contributed by atoms with van der Waals surface area (Å²) in [6.07, 6.45) is 0.994. The summed E-state index contributed by atoms with van der Waals surface area (Å²) in [5.41, 5.74) is -0.269. The number of nitrogens with zero attached hydrogens (tertiary/aromatic N) is 2. The largest absolute Gasteiger partial charge is 0.492 e. The zero-order valence-corrected chi connectivity index (χ0v) is 9.32. The molecule has 0 radical (unpaired) electrons. The summed E-state index contributed by atoms with van der Waals surface area (Å²) >= 11 is 2.86. The van der Waals surface area contributed by atoms with Crippen molar-refractivity contribution in [1.82, 2.24) is 15.0 Å². The van der Waals surface area contributed by atoms with Gasteiger partial charge in [-0.1, -0.05) is 0 Å². The van der Waals surface area contributed by atoms with E-state index in [1.165, 1.54) is 12.1 Å². The van der Waals surface area contributed by atoms with E-state index in [1.54, 1.807) is 0 Å². The molecule has 2 aromatic heterocycles. The van der Waals surface area contributed by atoms with E-state index in [0.29, 0.717) is 0 Å². The van der Waals surface area contributed by atoms with Crippen LogP contribution in [0.15, 0.2) is 27.6 Å². The van der Waals surface area contributed by atoms with E-state index in [2.05, 4.69) is 30.9 Å². The van der Waals surface area contributed by atoms with Gasteiger partial charge in [0.15, 0.2) is 5.82 Å². The summed E-state index contributed by atoms with van der Waals surface area (Å²) in [6, 6.07) is 2.53. The van der Waals surface area contributed by atoms with Gasteiger partial charge >= 0.3 is 0 Å². The number of pyridine rings is 1. The fourth-order valence-corrected chi connectivity index (χ4v) is 1.27. The molecule has 0 unspecified atom stereocenters. The van der Waals surface area contributed by atoms with E-state index in [4.69, 9.17) is 0 Å². The van der Waals surface area contributed by atoms with E-state index >= 15 is 0 Å². The van der Waals surface area contributed by atoms with Crippen LogP contribution >= 0.6 is 15.9 Å². The van der Waals surface area contributed by atoms with Crippen molar-refractivity contribution in [3.8, 4) is 17.4 Å². The van der Waals surface area contributed by atoms with Gasteiger partial charge in [0.2, 0.25) is 5.88 Å². The van der Waals surface area contributed by atoms with Gasteiger partial charge in [0.1, 0.15) is 16.0 Å². The van der Waals surface area contributed by atoms with Crippen LogP contribution < -0.4 is 5.56 Å². The van der Waals surface area contributed by atoms with Crippen LogP contribution in [0.2, 0.25) is 0 Å². The van der Waals surface area contributed by atoms with Gasteiger partial charge in [-0.3, -0.25) is 4.79 Å². The Morgan fingerprint density at radius 2 is 2.19 bits per heavy atom. The number of aromatic nitrogens is 3. The molecular weight excluding hydrogens is 281 g/mol. The Hall–Kier alpha value is -1.76. The molecule has 0 bridgehead atoms. The molecule has 0 atom stereocenters. The molecular formula is C9H5BrFN3O2. The molecule has 0 saturated carbocycles. The van der Waals surface area contributed by atoms with Crippen LogP contribution in [-0.4, -0.2) is 20.1 Å². The van der Waals surface area contributed by atoms with Crippen LogP contribution in [0.25, 0.3) is 11.5 Å². The lowest BCUT2D eigenvalue weighted by Crippen LogP contribution is -2.10. The standard InChI is InChI=1S/C9H5BrFN3O2/c10-6-8(15)13-7(14-9(6)16)5-2-1-4(11)3-12-5/h1-3H,(H2,13,14,15,16). The maximum atomic E-state index is 12.6. The van der Waals surface area contributed by atoms with Crippen molar-refractivity contribution >= 4 is 15.9 Å². The Kier molecular flexibility index (Phi) is 2.69. The van der Waals surface area contributed by atoms with Gasteiger partial charge < -0.3 is 10.1 Å². The first-order valence-electron chi connectivity index (χ1n) is 4.18. The first-order valence-corrected chi connectivity index (χ1v) is 4.98. The molecule has 2 rings (SSSR count). The Morgan fingerprint density at radius 3 is 2.75 bits per heavy atom. The Morgan fingerprint density at radius 1 is 1.44 bits per heavy atom. The van der Waals surface area contributed by atoms with Gasteiger partial charge in [-0.2, -0.15) is 4.98 Å². The van der Waals surface area contributed by atoms with E-state index < -0.39 is 17.3 Å². The average Bonchev–Trinajstić information content (AvgIpc) is 2.26. The van der Waals surface area contributed by atoms with Crippen LogP contribution in [0, 0.1) is 5.82 Å². The highest BCUT2D eigenvalue weighted by Gasteiger charge is 2.09. The van der Waals surface area contributed by atoms with Crippen molar-refractivity contribution in [2.45, 2.75) is 0 Å². The van der Waals surface area contributed by atoms with Crippen molar-refractivity contribution in [3.63, 3.8) is 0 Å². The number of halogens is 2. The van der Waals surface area contributed by atoms with Gasteiger partial charge in [-0.05, 0) is 28.1 Å². The second-order valence-corrected chi connectivity index (χ2v) is 3.71. The number of hydrogen-bond acceptors (Lipinski definition) is 4. The van der Waals surface area contributed by atoms with Crippen LogP contribution in [0.3, 0.4) is 0 Å². The number of hydrogen-bond donors (Lipinski definition) is 2. The molecule has 0 aliphatic rings. The van der Waals surface area contributed by atoms with E-state index in [9.17, 15) is 14.3 Å². The molecule has 7 heteroatoms. The number of aromatic amines is 1. The highest BCUT2D eigenvalue weighted by atomic mass is 79.9. The zero-order valence-electron chi connectivity index (χ0n) is 7.74. The molecule has 0 aromatic carbocycles. The van der Waals surface area contributed by atoms with Crippen LogP contribution in [0.5, 0.6) is 5.88 Å². The van der Waals surface area contributed by atoms with Crippen molar-refractivity contribution < 1.29 is 9.50 Å². The Labute approximate surface area is 97.1 Å². The lowest BCUT2D eigenvalue weighted by atomic mass is 10.3. The Bertz CT molecular complexity index is 582. The molecule has 2 aromatic rings. The summed E-state index contributed by atoms with van der Waals surface area (Å²) < 4.78 is 12.6. The second kappa shape index (κ2) is 4.01. The average molecular weight is 286 g/mol. The predicted octanol–water partition coefficient (Wildman–Crippen LogP) is 1.44. The van der Waals surface area contributed by atoms with Crippen LogP contribution in [0.1, 0.15) is 0 Å². The summed E-state index contributed by atoms with van der Waals surface area (Å²) in [4.78, 5) is 21.1. The van der Waals surface area contributed by atoms with Gasteiger partial charge in [0.25, 0.3) is 5.56 Å². The molecule has 16 heavy (non-hydrogen) atoms. The van der Waals surface area contributed by atoms with Crippen molar-refractivity contribution in [2.75, 3.05) is 0 Å². The molecule has 0 fully saturated rings. The minimum Gasteiger partial charge on any atom is -0.492 e. The highest BCUT2D eigenvalue weighted by Crippen LogP contribution is 2.19. The lowest BCUT2D eigenvalue weighted by Gasteiger charge is -2.01. The summed E-state index contributed by atoms with van der Waals surface area (Å²) in [5, 5.41) is 9.32. The molecule has 2 N–H and O–H groups in total. The number of rotatable bonds is 1. The van der Waals surface area contributed by atoms with Crippen molar-refractivity contribution in [3.05, 3.63) is 39.0 Å². The normalized spacial score (nSPS) is 10.4. The molecule has 0 aliphatic heterocycles. The maximum absolute atomic E-state index is 12.6. The molecule has 0 amide bonds. The Balaban J connectivity index is 2.57. The van der Waals surface area contributed by atoms with Crippen molar-refractivity contribution in [2.24, 2.45) is 0 Å². The first kappa shape index (κ1) is 10.7. The predicted molar refractivity (Wildman–Crippen MR) is 57.4 cm³/mol. The van der Waals surface area contributed by atoms with Gasteiger partial charge in [-0.15, -0.1) is 0 Å². The third-order valence-corrected chi connectivity index (χ3v) is 2.53. The quantitative estimate of drug-likeness (QED) is 0.831. The zero-order chi connectivity index (χ0) is 11.7. The van der Waals surface area contributed by atoms with E-state index in [-0.39, 0.29) is 16.0 Å². The summed E-state index contributed by atoms with van der Waals surface area (Å²) in [7, 11) is 0. The smallest absolute Gasteiger partial charge is 0.269 e. The number of H-pyrrole nitrogens is 1. The van der Waals surface area contributed by atoms with Gasteiger partial charge in [0, 0.05) is 0 Å². The third kappa shape index (κ3) is 1.94. The number of aromatic hydroxyl groups is 1. The van der Waals surface area contributed by atoms with Crippen LogP contribution in [0.4, 0.5) is 4.39 Å². The molecule has 0 spiro atoms. The molecule has 5 nitrogen and oxygen atoms in total. The molecule has 82 valence electrons. The molecule has 0 saturated heterocycles. The highest BCUT2D eigenvalue weighted by molar-refractivity contribution is 9.10. The number of nitrogens with one attached hydrogen (secondary N) is 1.